The van der Waals surface area contributed by atoms with Crippen molar-refractivity contribution in [2.75, 3.05) is 13.1 Å². The molecule has 0 aliphatic carbocycles. The van der Waals surface area contributed by atoms with E-state index in [0.717, 1.165) is 25.9 Å². The quantitative estimate of drug-likeness (QED) is 0.729. The molecule has 2 atom stereocenters. The molecule has 1 aliphatic rings. The van der Waals surface area contributed by atoms with Crippen LogP contribution in [0.15, 0.2) is 23.0 Å². The zero-order chi connectivity index (χ0) is 13.7. The predicted octanol–water partition coefficient (Wildman–Crippen LogP) is 0.266. The molecular weight excluding hydrogens is 246 g/mol. The van der Waals surface area contributed by atoms with Crippen molar-refractivity contribution in [2.45, 2.75) is 31.8 Å². The van der Waals surface area contributed by atoms with Crippen molar-refractivity contribution in [2.24, 2.45) is 0 Å². The maximum Gasteiger partial charge on any atom is 0.255 e. The average molecular weight is 265 g/mol. The minimum absolute atomic E-state index is 0.148. The zero-order valence-electron chi connectivity index (χ0n) is 10.9. The summed E-state index contributed by atoms with van der Waals surface area (Å²) in [7, 11) is 0. The van der Waals surface area contributed by atoms with Gasteiger partial charge < -0.3 is 20.4 Å². The second kappa shape index (κ2) is 6.38. The summed E-state index contributed by atoms with van der Waals surface area (Å²) in [6.07, 6.45) is 4.81. The molecule has 0 radical (unpaired) electrons. The number of furan rings is 1. The molecule has 0 bridgehead atoms. The fraction of sp³-hybridized carbons (Fsp3) is 0.538. The van der Waals surface area contributed by atoms with E-state index in [1.807, 2.05) is 0 Å². The highest BCUT2D eigenvalue weighted by atomic mass is 16.3. The van der Waals surface area contributed by atoms with E-state index < -0.39 is 6.04 Å². The summed E-state index contributed by atoms with van der Waals surface area (Å²) in [4.78, 5) is 23.7. The molecule has 1 saturated heterocycles. The first-order valence-corrected chi connectivity index (χ1v) is 6.51. The molecule has 2 amide bonds. The maximum atomic E-state index is 11.9. The van der Waals surface area contributed by atoms with E-state index in [4.69, 9.17) is 4.42 Å². The van der Waals surface area contributed by atoms with Crippen LogP contribution in [0.2, 0.25) is 0 Å². The van der Waals surface area contributed by atoms with Gasteiger partial charge in [0.25, 0.3) is 5.91 Å². The van der Waals surface area contributed by atoms with E-state index in [0.29, 0.717) is 5.56 Å². The zero-order valence-corrected chi connectivity index (χ0v) is 10.9. The molecule has 1 aliphatic heterocycles. The van der Waals surface area contributed by atoms with E-state index in [-0.39, 0.29) is 17.9 Å². The van der Waals surface area contributed by atoms with Crippen LogP contribution in [0.4, 0.5) is 0 Å². The second-order valence-corrected chi connectivity index (χ2v) is 4.76. The molecule has 104 valence electrons. The van der Waals surface area contributed by atoms with Crippen LogP contribution >= 0.6 is 0 Å². The molecule has 19 heavy (non-hydrogen) atoms. The summed E-state index contributed by atoms with van der Waals surface area (Å²) in [6.45, 7) is 3.46. The Hall–Kier alpha value is -1.82. The molecule has 2 heterocycles. The lowest BCUT2D eigenvalue weighted by Crippen LogP contribution is -2.52. The Balaban J connectivity index is 1.80. The number of carbonyl (C=O) groups is 2. The molecule has 0 saturated carbocycles. The summed E-state index contributed by atoms with van der Waals surface area (Å²) < 4.78 is 4.83. The third-order valence-corrected chi connectivity index (χ3v) is 3.17. The van der Waals surface area contributed by atoms with E-state index in [9.17, 15) is 9.59 Å². The van der Waals surface area contributed by atoms with Crippen molar-refractivity contribution in [1.82, 2.24) is 16.0 Å². The molecule has 1 unspecified atom stereocenters. The van der Waals surface area contributed by atoms with Gasteiger partial charge in [-0.15, -0.1) is 0 Å². The largest absolute Gasteiger partial charge is 0.472 e. The van der Waals surface area contributed by atoms with Gasteiger partial charge in [0.15, 0.2) is 0 Å². The first-order chi connectivity index (χ1) is 9.16. The van der Waals surface area contributed by atoms with Crippen molar-refractivity contribution < 1.29 is 14.0 Å². The van der Waals surface area contributed by atoms with Gasteiger partial charge >= 0.3 is 0 Å². The summed E-state index contributed by atoms with van der Waals surface area (Å²) in [6, 6.07) is 1.14. The van der Waals surface area contributed by atoms with E-state index in [2.05, 4.69) is 16.0 Å². The monoisotopic (exact) mass is 265 g/mol. The highest BCUT2D eigenvalue weighted by molar-refractivity contribution is 5.97. The Morgan fingerprint density at radius 3 is 3.00 bits per heavy atom. The van der Waals surface area contributed by atoms with Crippen molar-refractivity contribution in [3.05, 3.63) is 24.2 Å². The van der Waals surface area contributed by atoms with Gasteiger partial charge in [0.2, 0.25) is 5.91 Å². The number of nitrogens with one attached hydrogen (secondary N) is 3. The number of carbonyl (C=O) groups excluding carboxylic acids is 2. The minimum atomic E-state index is -0.565. The van der Waals surface area contributed by atoms with Gasteiger partial charge in [-0.05, 0) is 32.4 Å². The summed E-state index contributed by atoms with van der Waals surface area (Å²) >= 11 is 0. The molecule has 0 spiro atoms. The summed E-state index contributed by atoms with van der Waals surface area (Å²) in [5, 5.41) is 8.80. The van der Waals surface area contributed by atoms with E-state index >= 15 is 0 Å². The number of hydrogen-bond donors (Lipinski definition) is 3. The van der Waals surface area contributed by atoms with Gasteiger partial charge in [0.05, 0.1) is 11.8 Å². The minimum Gasteiger partial charge on any atom is -0.472 e. The lowest BCUT2D eigenvalue weighted by molar-refractivity contribution is -0.123. The average Bonchev–Trinajstić information content (AvgIpc) is 2.93. The smallest absolute Gasteiger partial charge is 0.255 e. The first kappa shape index (κ1) is 13.6. The lowest BCUT2D eigenvalue weighted by atomic mass is 10.1. The Morgan fingerprint density at radius 2 is 2.37 bits per heavy atom. The van der Waals surface area contributed by atoms with Crippen LogP contribution in [-0.4, -0.2) is 37.0 Å². The van der Waals surface area contributed by atoms with Crippen LogP contribution in [0, 0.1) is 0 Å². The molecule has 1 aromatic rings. The van der Waals surface area contributed by atoms with Gasteiger partial charge in [0, 0.05) is 12.6 Å². The molecule has 3 N–H and O–H groups in total. The number of amides is 2. The van der Waals surface area contributed by atoms with Gasteiger partial charge in [-0.3, -0.25) is 9.59 Å². The standard InChI is InChI=1S/C13H19N3O3/c1-9(15-13(18)10-4-6-19-8-10)12(17)16-11-3-2-5-14-7-11/h4,6,8-9,11,14H,2-3,5,7H2,1H3,(H,15,18)(H,16,17)/t9?,11-/m0/s1. The van der Waals surface area contributed by atoms with Crippen LogP contribution in [0.25, 0.3) is 0 Å². The number of piperidine rings is 1. The van der Waals surface area contributed by atoms with Crippen LogP contribution in [0.3, 0.4) is 0 Å². The lowest BCUT2D eigenvalue weighted by Gasteiger charge is -2.25. The molecule has 1 fully saturated rings. The maximum absolute atomic E-state index is 11.9. The highest BCUT2D eigenvalue weighted by Crippen LogP contribution is 2.03. The molecule has 6 heteroatoms. The Labute approximate surface area is 111 Å². The van der Waals surface area contributed by atoms with Crippen molar-refractivity contribution in [1.29, 1.82) is 0 Å². The molecule has 1 aromatic heterocycles. The van der Waals surface area contributed by atoms with Gasteiger partial charge in [0.1, 0.15) is 12.3 Å². The molecule has 6 nitrogen and oxygen atoms in total. The van der Waals surface area contributed by atoms with E-state index in [1.54, 1.807) is 13.0 Å². The van der Waals surface area contributed by atoms with Crippen LogP contribution in [0.1, 0.15) is 30.1 Å². The molecule has 0 aromatic carbocycles. The Bertz CT molecular complexity index is 424. The van der Waals surface area contributed by atoms with Crippen LogP contribution in [0.5, 0.6) is 0 Å². The van der Waals surface area contributed by atoms with Gasteiger partial charge in [-0.1, -0.05) is 0 Å². The van der Waals surface area contributed by atoms with E-state index in [1.165, 1.54) is 12.5 Å². The van der Waals surface area contributed by atoms with Crippen LogP contribution < -0.4 is 16.0 Å². The number of rotatable bonds is 4. The third kappa shape index (κ3) is 3.82. The second-order valence-electron chi connectivity index (χ2n) is 4.76. The Morgan fingerprint density at radius 1 is 1.53 bits per heavy atom. The third-order valence-electron chi connectivity index (χ3n) is 3.17. The SMILES string of the molecule is CC(NC(=O)c1ccoc1)C(=O)N[C@H]1CCCNC1. The van der Waals surface area contributed by atoms with Crippen molar-refractivity contribution in [3.63, 3.8) is 0 Å². The summed E-state index contributed by atoms with van der Waals surface area (Å²) in [5.74, 6) is -0.469. The van der Waals surface area contributed by atoms with Crippen molar-refractivity contribution in [3.8, 4) is 0 Å². The van der Waals surface area contributed by atoms with Gasteiger partial charge in [-0.2, -0.15) is 0 Å². The number of hydrogen-bond acceptors (Lipinski definition) is 4. The topological polar surface area (TPSA) is 83.4 Å². The molecular formula is C13H19N3O3. The fourth-order valence-corrected chi connectivity index (χ4v) is 2.04. The fourth-order valence-electron chi connectivity index (χ4n) is 2.04. The highest BCUT2D eigenvalue weighted by Gasteiger charge is 2.21. The van der Waals surface area contributed by atoms with Crippen LogP contribution in [-0.2, 0) is 4.79 Å². The molecule has 2 rings (SSSR count). The summed E-state index contributed by atoms with van der Waals surface area (Å²) in [5.41, 5.74) is 0.416. The Kier molecular flexibility index (Phi) is 4.57. The first-order valence-electron chi connectivity index (χ1n) is 6.51. The van der Waals surface area contributed by atoms with Crippen molar-refractivity contribution >= 4 is 11.8 Å². The predicted molar refractivity (Wildman–Crippen MR) is 69.7 cm³/mol. The normalized spacial score (nSPS) is 20.6. The van der Waals surface area contributed by atoms with Gasteiger partial charge in [-0.25, -0.2) is 0 Å².